The average molecular weight is 336 g/mol. The second-order valence-electron chi connectivity index (χ2n) is 6.47. The van der Waals surface area contributed by atoms with E-state index in [1.54, 1.807) is 12.1 Å². The van der Waals surface area contributed by atoms with E-state index in [-0.39, 0.29) is 24.5 Å². The summed E-state index contributed by atoms with van der Waals surface area (Å²) in [4.78, 5) is 12.1. The smallest absolute Gasteiger partial charge is 0.237 e. The Balaban J connectivity index is 1.81. The highest BCUT2D eigenvalue weighted by Crippen LogP contribution is 2.19. The van der Waals surface area contributed by atoms with Gasteiger partial charge in [-0.25, -0.2) is 0 Å². The summed E-state index contributed by atoms with van der Waals surface area (Å²) in [5.41, 5.74) is 6.75. The molecule has 0 saturated carbocycles. The first-order chi connectivity index (χ1) is 11.5. The summed E-state index contributed by atoms with van der Waals surface area (Å²) in [6.07, 6.45) is 0.929. The fraction of sp³-hybridized carbons (Fsp3) is 0.611. The number of carbonyl (C=O) groups is 1. The van der Waals surface area contributed by atoms with Gasteiger partial charge in [-0.15, -0.1) is 0 Å². The third-order valence-electron chi connectivity index (χ3n) is 4.18. The molecule has 0 aliphatic carbocycles. The Bertz CT molecular complexity index is 512. The quantitative estimate of drug-likeness (QED) is 0.699. The molecule has 2 unspecified atom stereocenters. The van der Waals surface area contributed by atoms with E-state index in [9.17, 15) is 9.90 Å². The van der Waals surface area contributed by atoms with E-state index in [1.165, 1.54) is 0 Å². The molecule has 1 aromatic rings. The topological polar surface area (TPSA) is 93.8 Å². The van der Waals surface area contributed by atoms with Gasteiger partial charge >= 0.3 is 0 Å². The van der Waals surface area contributed by atoms with Crippen molar-refractivity contribution in [1.29, 1.82) is 0 Å². The molecule has 2 rings (SSSR count). The SMILES string of the molecule is CC(C)Oc1ccc(C(O)CNC(=O)C(N)C2CCOCC2)cc1. The second-order valence-corrected chi connectivity index (χ2v) is 6.47. The lowest BCUT2D eigenvalue weighted by Crippen LogP contribution is -2.47. The van der Waals surface area contributed by atoms with Crippen LogP contribution in [0.5, 0.6) is 5.75 Å². The summed E-state index contributed by atoms with van der Waals surface area (Å²) in [7, 11) is 0. The largest absolute Gasteiger partial charge is 0.491 e. The van der Waals surface area contributed by atoms with Crippen molar-refractivity contribution in [2.24, 2.45) is 11.7 Å². The number of hydrogen-bond acceptors (Lipinski definition) is 5. The summed E-state index contributed by atoms with van der Waals surface area (Å²) in [6, 6.07) is 6.67. The fourth-order valence-corrected chi connectivity index (χ4v) is 2.76. The highest BCUT2D eigenvalue weighted by Gasteiger charge is 2.26. The number of ether oxygens (including phenoxy) is 2. The molecule has 4 N–H and O–H groups in total. The molecule has 24 heavy (non-hydrogen) atoms. The number of aliphatic hydroxyl groups is 1. The van der Waals surface area contributed by atoms with Crippen LogP contribution in [0.1, 0.15) is 38.4 Å². The number of carbonyl (C=O) groups excluding carboxylic acids is 1. The molecular formula is C18H28N2O4. The molecule has 0 aromatic heterocycles. The predicted octanol–water partition coefficient (Wildman–Crippen LogP) is 1.38. The van der Waals surface area contributed by atoms with Gasteiger partial charge in [-0.3, -0.25) is 4.79 Å². The lowest BCUT2D eigenvalue weighted by molar-refractivity contribution is -0.124. The third-order valence-corrected chi connectivity index (χ3v) is 4.18. The Hall–Kier alpha value is -1.63. The molecule has 6 nitrogen and oxygen atoms in total. The van der Waals surface area contributed by atoms with Gasteiger partial charge in [0.25, 0.3) is 0 Å². The van der Waals surface area contributed by atoms with Crippen LogP contribution < -0.4 is 15.8 Å². The highest BCUT2D eigenvalue weighted by molar-refractivity contribution is 5.81. The Morgan fingerprint density at radius 2 is 1.96 bits per heavy atom. The standard InChI is InChI=1S/C18H28N2O4/c1-12(2)24-15-5-3-13(4-6-15)16(21)11-20-18(22)17(19)14-7-9-23-10-8-14/h3-6,12,14,16-17,21H,7-11,19H2,1-2H3,(H,20,22). The first-order valence-electron chi connectivity index (χ1n) is 8.53. The van der Waals surface area contributed by atoms with Crippen molar-refractivity contribution in [3.63, 3.8) is 0 Å². The Morgan fingerprint density at radius 1 is 1.33 bits per heavy atom. The van der Waals surface area contributed by atoms with Gasteiger partial charge in [0.1, 0.15) is 5.75 Å². The van der Waals surface area contributed by atoms with Gasteiger partial charge in [0.2, 0.25) is 5.91 Å². The maximum Gasteiger partial charge on any atom is 0.237 e. The molecule has 1 aliphatic rings. The lowest BCUT2D eigenvalue weighted by Gasteiger charge is -2.27. The van der Waals surface area contributed by atoms with E-state index >= 15 is 0 Å². The number of rotatable bonds is 7. The molecule has 1 heterocycles. The molecule has 1 saturated heterocycles. The highest BCUT2D eigenvalue weighted by atomic mass is 16.5. The van der Waals surface area contributed by atoms with Crippen LogP contribution in [0.25, 0.3) is 0 Å². The first-order valence-corrected chi connectivity index (χ1v) is 8.53. The molecule has 1 fully saturated rings. The van der Waals surface area contributed by atoms with Gasteiger partial charge in [-0.1, -0.05) is 12.1 Å². The van der Waals surface area contributed by atoms with Crippen molar-refractivity contribution in [2.45, 2.75) is 44.9 Å². The maximum atomic E-state index is 12.1. The van der Waals surface area contributed by atoms with E-state index in [0.717, 1.165) is 24.2 Å². The van der Waals surface area contributed by atoms with E-state index < -0.39 is 12.1 Å². The molecule has 1 amide bonds. The molecule has 1 aromatic carbocycles. The van der Waals surface area contributed by atoms with Crippen LogP contribution in [0, 0.1) is 5.92 Å². The van der Waals surface area contributed by atoms with E-state index in [1.807, 2.05) is 26.0 Å². The maximum absolute atomic E-state index is 12.1. The van der Waals surface area contributed by atoms with Crippen molar-refractivity contribution in [3.05, 3.63) is 29.8 Å². The van der Waals surface area contributed by atoms with E-state index in [4.69, 9.17) is 15.2 Å². The summed E-state index contributed by atoms with van der Waals surface area (Å²) < 4.78 is 10.8. The van der Waals surface area contributed by atoms with Crippen LogP contribution >= 0.6 is 0 Å². The lowest BCUT2D eigenvalue weighted by atomic mass is 9.92. The van der Waals surface area contributed by atoms with Crippen molar-refractivity contribution in [2.75, 3.05) is 19.8 Å². The summed E-state index contributed by atoms with van der Waals surface area (Å²) in [6.45, 7) is 5.36. The van der Waals surface area contributed by atoms with Crippen LogP contribution in [0.15, 0.2) is 24.3 Å². The minimum atomic E-state index is -0.774. The monoisotopic (exact) mass is 336 g/mol. The number of benzene rings is 1. The number of amides is 1. The molecule has 134 valence electrons. The zero-order valence-electron chi connectivity index (χ0n) is 14.4. The van der Waals surface area contributed by atoms with Gasteiger partial charge in [0.15, 0.2) is 0 Å². The van der Waals surface area contributed by atoms with Crippen LogP contribution in [0.2, 0.25) is 0 Å². The van der Waals surface area contributed by atoms with Crippen LogP contribution in [-0.2, 0) is 9.53 Å². The van der Waals surface area contributed by atoms with Crippen molar-refractivity contribution >= 4 is 5.91 Å². The van der Waals surface area contributed by atoms with E-state index in [2.05, 4.69) is 5.32 Å². The van der Waals surface area contributed by atoms with Gasteiger partial charge in [0, 0.05) is 19.8 Å². The second kappa shape index (κ2) is 9.01. The Kier molecular flexibility index (Phi) is 7.02. The van der Waals surface area contributed by atoms with Crippen LogP contribution in [0.3, 0.4) is 0 Å². The van der Waals surface area contributed by atoms with Gasteiger partial charge in [-0.05, 0) is 50.3 Å². The molecule has 6 heteroatoms. The molecule has 1 aliphatic heterocycles. The number of nitrogens with one attached hydrogen (secondary N) is 1. The minimum Gasteiger partial charge on any atom is -0.491 e. The first kappa shape index (κ1) is 18.7. The number of aliphatic hydroxyl groups excluding tert-OH is 1. The van der Waals surface area contributed by atoms with Gasteiger partial charge in [-0.2, -0.15) is 0 Å². The Labute approximate surface area is 143 Å². The predicted molar refractivity (Wildman–Crippen MR) is 91.7 cm³/mol. The molecule has 2 atom stereocenters. The zero-order valence-corrected chi connectivity index (χ0v) is 14.4. The molecule has 0 radical (unpaired) electrons. The summed E-state index contributed by atoms with van der Waals surface area (Å²) in [5, 5.41) is 13.0. The summed E-state index contributed by atoms with van der Waals surface area (Å²) >= 11 is 0. The molecule has 0 spiro atoms. The van der Waals surface area contributed by atoms with Crippen LogP contribution in [0.4, 0.5) is 0 Å². The van der Waals surface area contributed by atoms with Crippen molar-refractivity contribution < 1.29 is 19.4 Å². The minimum absolute atomic E-state index is 0.103. The van der Waals surface area contributed by atoms with Gasteiger partial charge < -0.3 is 25.6 Å². The van der Waals surface area contributed by atoms with Gasteiger partial charge in [0.05, 0.1) is 18.2 Å². The fourth-order valence-electron chi connectivity index (χ4n) is 2.76. The number of hydrogen-bond donors (Lipinski definition) is 3. The number of nitrogens with two attached hydrogens (primary N) is 1. The van der Waals surface area contributed by atoms with E-state index in [0.29, 0.717) is 13.2 Å². The van der Waals surface area contributed by atoms with Crippen molar-refractivity contribution in [1.82, 2.24) is 5.32 Å². The zero-order chi connectivity index (χ0) is 17.5. The van der Waals surface area contributed by atoms with Crippen molar-refractivity contribution in [3.8, 4) is 5.75 Å². The third kappa shape index (κ3) is 5.47. The van der Waals surface area contributed by atoms with Crippen LogP contribution in [-0.4, -0.2) is 42.9 Å². The molecule has 0 bridgehead atoms. The average Bonchev–Trinajstić information content (AvgIpc) is 2.59. The Morgan fingerprint density at radius 3 is 2.54 bits per heavy atom. The normalized spacial score (nSPS) is 18.2. The molecular weight excluding hydrogens is 308 g/mol. The summed E-state index contributed by atoms with van der Waals surface area (Å²) in [5.74, 6) is 0.676.